The SMILES string of the molecule is CC(OS(C)(=O)=O)[C@](O)(Cn1cncn1)c1ccc(F)cc1F. The van der Waals surface area contributed by atoms with Crippen LogP contribution in [0, 0.1) is 11.6 Å². The molecule has 1 N–H and O–H groups in total. The second kappa shape index (κ2) is 6.30. The highest BCUT2D eigenvalue weighted by Gasteiger charge is 2.41. The lowest BCUT2D eigenvalue weighted by Gasteiger charge is -2.33. The number of hydrogen-bond donors (Lipinski definition) is 1. The molecule has 0 fully saturated rings. The second-order valence-electron chi connectivity index (χ2n) is 5.08. The molecule has 1 aromatic heterocycles. The van der Waals surface area contributed by atoms with Gasteiger partial charge < -0.3 is 5.11 Å². The van der Waals surface area contributed by atoms with Crippen molar-refractivity contribution in [2.24, 2.45) is 0 Å². The molecule has 2 rings (SSSR count). The van der Waals surface area contributed by atoms with Crippen LogP contribution < -0.4 is 0 Å². The Morgan fingerprint density at radius 2 is 2.13 bits per heavy atom. The maximum atomic E-state index is 14.1. The smallest absolute Gasteiger partial charge is 0.264 e. The van der Waals surface area contributed by atoms with Gasteiger partial charge in [-0.3, -0.25) is 4.18 Å². The quantitative estimate of drug-likeness (QED) is 0.777. The van der Waals surface area contributed by atoms with Gasteiger partial charge in [0, 0.05) is 11.6 Å². The Balaban J connectivity index is 2.49. The standard InChI is InChI=1S/C13H15F2N3O4S/c1-9(22-23(2,20)21)13(19,6-18-8-16-7-17-18)11-4-3-10(14)5-12(11)15/h3-5,7-9,19H,6H2,1-2H3/t9?,13-/m1/s1. The molecule has 0 aliphatic heterocycles. The summed E-state index contributed by atoms with van der Waals surface area (Å²) in [7, 11) is -3.92. The average molecular weight is 347 g/mol. The van der Waals surface area contributed by atoms with Gasteiger partial charge in [0.2, 0.25) is 0 Å². The zero-order chi connectivity index (χ0) is 17.3. The Morgan fingerprint density at radius 3 is 2.65 bits per heavy atom. The van der Waals surface area contributed by atoms with Crippen molar-refractivity contribution in [3.63, 3.8) is 0 Å². The Hall–Kier alpha value is -1.91. The molecule has 7 nitrogen and oxygen atoms in total. The van der Waals surface area contributed by atoms with E-state index in [1.807, 2.05) is 0 Å². The predicted molar refractivity (Wildman–Crippen MR) is 75.7 cm³/mol. The van der Waals surface area contributed by atoms with Crippen LogP contribution in [0.4, 0.5) is 8.78 Å². The molecule has 1 unspecified atom stereocenters. The van der Waals surface area contributed by atoms with Crippen LogP contribution in [0.15, 0.2) is 30.9 Å². The fourth-order valence-electron chi connectivity index (χ4n) is 2.18. The Labute approximate surface area is 131 Å². The van der Waals surface area contributed by atoms with Crippen molar-refractivity contribution in [2.45, 2.75) is 25.2 Å². The van der Waals surface area contributed by atoms with Crippen molar-refractivity contribution in [1.29, 1.82) is 0 Å². The van der Waals surface area contributed by atoms with E-state index in [4.69, 9.17) is 4.18 Å². The summed E-state index contributed by atoms with van der Waals surface area (Å²) in [4.78, 5) is 3.70. The largest absolute Gasteiger partial charge is 0.380 e. The second-order valence-corrected chi connectivity index (χ2v) is 6.68. The third-order valence-corrected chi connectivity index (χ3v) is 3.90. The number of benzene rings is 1. The summed E-state index contributed by atoms with van der Waals surface area (Å²) in [6.07, 6.45) is 1.91. The summed E-state index contributed by atoms with van der Waals surface area (Å²) in [5, 5.41) is 14.7. The molecule has 2 aromatic rings. The molecule has 10 heteroatoms. The van der Waals surface area contributed by atoms with E-state index in [1.54, 1.807) is 0 Å². The summed E-state index contributed by atoms with van der Waals surface area (Å²) >= 11 is 0. The van der Waals surface area contributed by atoms with E-state index in [0.29, 0.717) is 6.07 Å². The third-order valence-electron chi connectivity index (χ3n) is 3.26. The summed E-state index contributed by atoms with van der Waals surface area (Å²) in [5.41, 5.74) is -2.43. The summed E-state index contributed by atoms with van der Waals surface area (Å²) in [5.74, 6) is -1.86. The van der Waals surface area contributed by atoms with E-state index in [2.05, 4.69) is 10.1 Å². The van der Waals surface area contributed by atoms with E-state index >= 15 is 0 Å². The lowest BCUT2D eigenvalue weighted by molar-refractivity contribution is -0.0734. The van der Waals surface area contributed by atoms with Gasteiger partial charge in [0.25, 0.3) is 10.1 Å². The van der Waals surface area contributed by atoms with Crippen LogP contribution in [-0.2, 0) is 26.4 Å². The van der Waals surface area contributed by atoms with Crippen LogP contribution in [-0.4, -0.2) is 40.6 Å². The maximum Gasteiger partial charge on any atom is 0.264 e. The van der Waals surface area contributed by atoms with Crippen molar-refractivity contribution in [3.05, 3.63) is 48.1 Å². The van der Waals surface area contributed by atoms with E-state index in [9.17, 15) is 22.3 Å². The minimum absolute atomic E-state index is 0.314. The van der Waals surface area contributed by atoms with Gasteiger partial charge in [-0.05, 0) is 13.0 Å². The van der Waals surface area contributed by atoms with Gasteiger partial charge in [0.1, 0.15) is 36.0 Å². The molecular formula is C13H15F2N3O4S. The van der Waals surface area contributed by atoms with Crippen molar-refractivity contribution in [2.75, 3.05) is 6.26 Å². The van der Waals surface area contributed by atoms with Gasteiger partial charge in [-0.25, -0.2) is 18.4 Å². The van der Waals surface area contributed by atoms with Crippen molar-refractivity contribution in [3.8, 4) is 0 Å². The van der Waals surface area contributed by atoms with Crippen LogP contribution in [0.2, 0.25) is 0 Å². The number of nitrogens with zero attached hydrogens (tertiary/aromatic N) is 3. The molecule has 0 aliphatic rings. The third kappa shape index (κ3) is 4.09. The van der Waals surface area contributed by atoms with Crippen molar-refractivity contribution >= 4 is 10.1 Å². The van der Waals surface area contributed by atoms with Gasteiger partial charge in [0.15, 0.2) is 0 Å². The first-order valence-corrected chi connectivity index (χ1v) is 8.32. The van der Waals surface area contributed by atoms with E-state index in [0.717, 1.165) is 18.4 Å². The predicted octanol–water partition coefficient (Wildman–Crippen LogP) is 0.809. The first-order valence-electron chi connectivity index (χ1n) is 6.50. The highest BCUT2D eigenvalue weighted by atomic mass is 32.2. The topological polar surface area (TPSA) is 94.3 Å². The van der Waals surface area contributed by atoms with Gasteiger partial charge >= 0.3 is 0 Å². The first kappa shape index (κ1) is 17.4. The number of aliphatic hydroxyl groups is 1. The molecule has 126 valence electrons. The molecule has 23 heavy (non-hydrogen) atoms. The van der Waals surface area contributed by atoms with Crippen molar-refractivity contribution in [1.82, 2.24) is 14.8 Å². The minimum atomic E-state index is -3.92. The molecule has 0 spiro atoms. The lowest BCUT2D eigenvalue weighted by Crippen LogP contribution is -2.45. The number of rotatable bonds is 6. The van der Waals surface area contributed by atoms with Crippen LogP contribution in [0.5, 0.6) is 0 Å². The molecule has 0 radical (unpaired) electrons. The lowest BCUT2D eigenvalue weighted by atomic mass is 9.88. The average Bonchev–Trinajstić information content (AvgIpc) is 2.88. The van der Waals surface area contributed by atoms with Crippen LogP contribution in [0.1, 0.15) is 12.5 Å². The monoisotopic (exact) mass is 347 g/mol. The highest BCUT2D eigenvalue weighted by Crippen LogP contribution is 2.32. The minimum Gasteiger partial charge on any atom is -0.380 e. The molecule has 0 saturated carbocycles. The molecule has 2 atom stereocenters. The van der Waals surface area contributed by atoms with E-state index in [1.165, 1.54) is 24.3 Å². The molecule has 0 saturated heterocycles. The van der Waals surface area contributed by atoms with Gasteiger partial charge in [-0.1, -0.05) is 6.07 Å². The summed E-state index contributed by atoms with van der Waals surface area (Å²) in [6, 6.07) is 2.58. The zero-order valence-corrected chi connectivity index (χ0v) is 13.2. The van der Waals surface area contributed by atoms with E-state index < -0.39 is 33.5 Å². The molecule has 1 heterocycles. The Kier molecular flexibility index (Phi) is 4.78. The molecule has 1 aromatic carbocycles. The van der Waals surface area contributed by atoms with Gasteiger partial charge in [-0.15, -0.1) is 0 Å². The summed E-state index contributed by atoms with van der Waals surface area (Å²) < 4.78 is 55.9. The molecular weight excluding hydrogens is 332 g/mol. The Bertz CT molecular complexity index is 783. The van der Waals surface area contributed by atoms with Gasteiger partial charge in [-0.2, -0.15) is 13.5 Å². The molecule has 0 bridgehead atoms. The normalized spacial score (nSPS) is 16.0. The number of hydrogen-bond acceptors (Lipinski definition) is 6. The fraction of sp³-hybridized carbons (Fsp3) is 0.385. The Morgan fingerprint density at radius 1 is 1.43 bits per heavy atom. The highest BCUT2D eigenvalue weighted by molar-refractivity contribution is 7.86. The maximum absolute atomic E-state index is 14.1. The molecule has 0 amide bonds. The number of aromatic nitrogens is 3. The van der Waals surface area contributed by atoms with Gasteiger partial charge in [0.05, 0.1) is 12.8 Å². The fourth-order valence-corrected chi connectivity index (χ4v) is 2.86. The molecule has 0 aliphatic carbocycles. The van der Waals surface area contributed by atoms with Crippen molar-refractivity contribution < 1.29 is 26.5 Å². The zero-order valence-electron chi connectivity index (χ0n) is 12.3. The van der Waals surface area contributed by atoms with E-state index in [-0.39, 0.29) is 12.1 Å². The summed E-state index contributed by atoms with van der Waals surface area (Å²) in [6.45, 7) is 0.924. The number of halogens is 2. The first-order chi connectivity index (χ1) is 10.6. The van der Waals surface area contributed by atoms with Crippen LogP contribution in [0.3, 0.4) is 0 Å². The van der Waals surface area contributed by atoms with Crippen LogP contribution >= 0.6 is 0 Å². The van der Waals surface area contributed by atoms with Crippen LogP contribution in [0.25, 0.3) is 0 Å².